The van der Waals surface area contributed by atoms with Crippen LogP contribution in [0.3, 0.4) is 0 Å². The van der Waals surface area contributed by atoms with Gasteiger partial charge in [0, 0.05) is 16.1 Å². The molecule has 0 amide bonds. The Hall–Kier alpha value is -0.710. The molecule has 2 rings (SSSR count). The molecular weight excluding hydrogens is 362 g/mol. The van der Waals surface area contributed by atoms with E-state index in [0.29, 0.717) is 32.3 Å². The molecule has 104 valence electrons. The molecule has 0 saturated heterocycles. The smallest absolute Gasteiger partial charge is 0.261 e. The van der Waals surface area contributed by atoms with E-state index in [1.165, 1.54) is 6.07 Å². The Balaban J connectivity index is 2.35. The van der Waals surface area contributed by atoms with Crippen molar-refractivity contribution in [1.82, 2.24) is 0 Å². The van der Waals surface area contributed by atoms with E-state index in [2.05, 4.69) is 12.2 Å². The Morgan fingerprint density at radius 2 is 1.45 bits per heavy atom. The summed E-state index contributed by atoms with van der Waals surface area (Å²) >= 11 is 28.0. The molecule has 0 aliphatic rings. The van der Waals surface area contributed by atoms with Gasteiger partial charge in [0.05, 0.1) is 5.02 Å². The lowest BCUT2D eigenvalue weighted by Crippen LogP contribution is -1.98. The second kappa shape index (κ2) is 6.83. The standard InChI is InChI=1S/C13H6Cl4O2S/c14-7-1-3-10(9(16)5-7)18-11-4-2-8(15)6-12(11)19-13(17)20/h1-6H. The van der Waals surface area contributed by atoms with Gasteiger partial charge in [0.15, 0.2) is 11.5 Å². The quantitative estimate of drug-likeness (QED) is 0.465. The van der Waals surface area contributed by atoms with Crippen LogP contribution in [-0.2, 0) is 0 Å². The van der Waals surface area contributed by atoms with Crippen LogP contribution in [0, 0.1) is 0 Å². The molecule has 0 atom stereocenters. The van der Waals surface area contributed by atoms with Crippen molar-refractivity contribution in [3.63, 3.8) is 0 Å². The van der Waals surface area contributed by atoms with Gasteiger partial charge in [-0.3, -0.25) is 0 Å². The molecule has 0 bridgehead atoms. The first-order valence-electron chi connectivity index (χ1n) is 5.25. The SMILES string of the molecule is S=C(Cl)Oc1cc(Cl)ccc1Oc1ccc(Cl)cc1Cl. The highest BCUT2D eigenvalue weighted by atomic mass is 35.5. The van der Waals surface area contributed by atoms with Crippen molar-refractivity contribution >= 4 is 63.1 Å². The average molecular weight is 368 g/mol. The Bertz CT molecular complexity index is 661. The molecule has 0 aromatic heterocycles. The van der Waals surface area contributed by atoms with Crippen molar-refractivity contribution in [2.45, 2.75) is 0 Å². The molecule has 0 unspecified atom stereocenters. The number of benzene rings is 2. The van der Waals surface area contributed by atoms with Crippen LogP contribution < -0.4 is 9.47 Å². The van der Waals surface area contributed by atoms with Crippen molar-refractivity contribution < 1.29 is 9.47 Å². The second-order valence-corrected chi connectivity index (χ2v) is 5.83. The summed E-state index contributed by atoms with van der Waals surface area (Å²) in [6.07, 6.45) is 0. The van der Waals surface area contributed by atoms with Crippen molar-refractivity contribution in [2.75, 3.05) is 0 Å². The molecular formula is C13H6Cl4O2S. The molecule has 0 aliphatic carbocycles. The summed E-state index contributed by atoms with van der Waals surface area (Å²) in [6.45, 7) is 0. The molecule has 0 heterocycles. The molecule has 0 fully saturated rings. The Labute approximate surface area is 141 Å². The highest BCUT2D eigenvalue weighted by Gasteiger charge is 2.11. The van der Waals surface area contributed by atoms with E-state index in [9.17, 15) is 0 Å². The predicted molar refractivity (Wildman–Crippen MR) is 87.1 cm³/mol. The summed E-state index contributed by atoms with van der Waals surface area (Å²) in [5, 5.41) is 1.34. The first-order chi connectivity index (χ1) is 9.45. The minimum atomic E-state index is -0.167. The van der Waals surface area contributed by atoms with Crippen LogP contribution in [-0.4, -0.2) is 4.51 Å². The number of thiocarbonyl (C=S) groups is 1. The molecule has 0 spiro atoms. The molecule has 20 heavy (non-hydrogen) atoms. The minimum Gasteiger partial charge on any atom is -0.452 e. The third-order valence-corrected chi connectivity index (χ3v) is 3.14. The number of halogens is 4. The van der Waals surface area contributed by atoms with E-state index < -0.39 is 0 Å². The van der Waals surface area contributed by atoms with Crippen LogP contribution in [0.4, 0.5) is 0 Å². The number of hydrogen-bond donors (Lipinski definition) is 0. The van der Waals surface area contributed by atoms with Crippen LogP contribution in [0.2, 0.25) is 15.1 Å². The van der Waals surface area contributed by atoms with Crippen LogP contribution in [0.5, 0.6) is 17.2 Å². The fraction of sp³-hybridized carbons (Fsp3) is 0. The highest BCUT2D eigenvalue weighted by molar-refractivity contribution is 7.82. The Morgan fingerprint density at radius 1 is 0.850 bits per heavy atom. The van der Waals surface area contributed by atoms with Crippen molar-refractivity contribution in [1.29, 1.82) is 0 Å². The van der Waals surface area contributed by atoms with E-state index in [-0.39, 0.29) is 4.51 Å². The van der Waals surface area contributed by atoms with Crippen molar-refractivity contribution in [3.8, 4) is 17.2 Å². The summed E-state index contributed by atoms with van der Waals surface area (Å²) < 4.78 is 10.7. The third-order valence-electron chi connectivity index (χ3n) is 2.21. The van der Waals surface area contributed by atoms with Gasteiger partial charge in [0.25, 0.3) is 4.51 Å². The Kier molecular flexibility index (Phi) is 5.35. The normalized spacial score (nSPS) is 10.2. The molecule has 0 saturated carbocycles. The average Bonchev–Trinajstić information content (AvgIpc) is 2.34. The lowest BCUT2D eigenvalue weighted by atomic mass is 10.3. The largest absolute Gasteiger partial charge is 0.452 e. The molecule has 2 aromatic carbocycles. The van der Waals surface area contributed by atoms with Gasteiger partial charge in [-0.15, -0.1) is 0 Å². The Morgan fingerprint density at radius 3 is 2.05 bits per heavy atom. The van der Waals surface area contributed by atoms with Gasteiger partial charge in [-0.05, 0) is 54.2 Å². The fourth-order valence-corrected chi connectivity index (χ4v) is 2.19. The van der Waals surface area contributed by atoms with E-state index in [4.69, 9.17) is 55.9 Å². The lowest BCUT2D eigenvalue weighted by molar-refractivity contribution is 0.449. The number of ether oxygens (including phenoxy) is 2. The molecule has 0 N–H and O–H groups in total. The maximum atomic E-state index is 6.04. The zero-order valence-corrected chi connectivity index (χ0v) is 13.5. The third kappa shape index (κ3) is 4.14. The highest BCUT2D eigenvalue weighted by Crippen LogP contribution is 2.37. The van der Waals surface area contributed by atoms with Crippen LogP contribution >= 0.6 is 58.6 Å². The maximum absolute atomic E-state index is 6.04. The first kappa shape index (κ1) is 15.7. The summed E-state index contributed by atoms with van der Waals surface area (Å²) in [7, 11) is 0. The first-order valence-corrected chi connectivity index (χ1v) is 7.17. The van der Waals surface area contributed by atoms with E-state index in [1.807, 2.05) is 0 Å². The van der Waals surface area contributed by atoms with E-state index in [1.54, 1.807) is 30.3 Å². The van der Waals surface area contributed by atoms with Crippen LogP contribution in [0.1, 0.15) is 0 Å². The van der Waals surface area contributed by atoms with Gasteiger partial charge >= 0.3 is 0 Å². The minimum absolute atomic E-state index is 0.167. The lowest BCUT2D eigenvalue weighted by Gasteiger charge is -2.12. The van der Waals surface area contributed by atoms with Crippen molar-refractivity contribution in [2.24, 2.45) is 0 Å². The van der Waals surface area contributed by atoms with Crippen LogP contribution in [0.25, 0.3) is 0 Å². The summed E-state index contributed by atoms with van der Waals surface area (Å²) in [5.41, 5.74) is 0. The van der Waals surface area contributed by atoms with Gasteiger partial charge in [0.2, 0.25) is 0 Å². The fourth-order valence-electron chi connectivity index (χ4n) is 1.41. The number of rotatable bonds is 3. The summed E-state index contributed by atoms with van der Waals surface area (Å²) in [6, 6.07) is 9.67. The molecule has 2 nitrogen and oxygen atoms in total. The number of hydrogen-bond acceptors (Lipinski definition) is 3. The second-order valence-electron chi connectivity index (χ2n) is 3.61. The van der Waals surface area contributed by atoms with E-state index >= 15 is 0 Å². The maximum Gasteiger partial charge on any atom is 0.261 e. The van der Waals surface area contributed by atoms with Gasteiger partial charge in [-0.2, -0.15) is 0 Å². The monoisotopic (exact) mass is 366 g/mol. The van der Waals surface area contributed by atoms with E-state index in [0.717, 1.165) is 0 Å². The molecule has 7 heteroatoms. The van der Waals surface area contributed by atoms with Gasteiger partial charge in [-0.25, -0.2) is 0 Å². The van der Waals surface area contributed by atoms with Gasteiger partial charge in [0.1, 0.15) is 5.75 Å². The predicted octanol–water partition coefficient (Wildman–Crippen LogP) is 6.34. The van der Waals surface area contributed by atoms with Crippen LogP contribution in [0.15, 0.2) is 36.4 Å². The molecule has 0 aliphatic heterocycles. The molecule has 0 radical (unpaired) electrons. The topological polar surface area (TPSA) is 18.5 Å². The zero-order valence-electron chi connectivity index (χ0n) is 9.70. The summed E-state index contributed by atoms with van der Waals surface area (Å²) in [4.78, 5) is 0. The summed E-state index contributed by atoms with van der Waals surface area (Å²) in [5.74, 6) is 1.09. The zero-order chi connectivity index (χ0) is 14.7. The van der Waals surface area contributed by atoms with Gasteiger partial charge in [-0.1, -0.05) is 34.8 Å². The molecule has 2 aromatic rings. The van der Waals surface area contributed by atoms with Crippen molar-refractivity contribution in [3.05, 3.63) is 51.5 Å². The van der Waals surface area contributed by atoms with Gasteiger partial charge < -0.3 is 9.47 Å².